The number of amides is 3. The number of nitrogens with one attached hydrogen (secondary N) is 4. The van der Waals surface area contributed by atoms with Crippen molar-refractivity contribution in [2.24, 2.45) is 0 Å². The predicted octanol–water partition coefficient (Wildman–Crippen LogP) is 3.54. The molecule has 0 saturated carbocycles. The number of benzene rings is 1. The maximum Gasteiger partial charge on any atom is 0.324 e. The molecular formula is C17H23ClN4O2S. The Morgan fingerprint density at radius 1 is 1.08 bits per heavy atom. The minimum absolute atomic E-state index is 0. The molecule has 0 aliphatic rings. The second-order valence-electron chi connectivity index (χ2n) is 5.28. The van der Waals surface area contributed by atoms with E-state index in [9.17, 15) is 9.59 Å². The van der Waals surface area contributed by atoms with Gasteiger partial charge < -0.3 is 16.0 Å². The van der Waals surface area contributed by atoms with Crippen LogP contribution in [0, 0.1) is 0 Å². The number of likely N-dealkylation sites (N-methyl/N-ethyl adjacent to an activating group) is 1. The van der Waals surface area contributed by atoms with Crippen molar-refractivity contribution in [3.05, 3.63) is 47.3 Å². The van der Waals surface area contributed by atoms with Crippen LogP contribution < -0.4 is 21.3 Å². The quantitative estimate of drug-likeness (QED) is 0.591. The average Bonchev–Trinajstić information content (AvgIpc) is 3.02. The van der Waals surface area contributed by atoms with E-state index in [-0.39, 0.29) is 30.4 Å². The lowest BCUT2D eigenvalue weighted by molar-refractivity contribution is 0.0954. The Hall–Kier alpha value is -2.09. The van der Waals surface area contributed by atoms with Gasteiger partial charge in [-0.25, -0.2) is 4.79 Å². The molecule has 25 heavy (non-hydrogen) atoms. The number of thiophene rings is 1. The molecule has 2 aromatic rings. The van der Waals surface area contributed by atoms with Crippen LogP contribution in [0.15, 0.2) is 42.5 Å². The summed E-state index contributed by atoms with van der Waals surface area (Å²) in [7, 11) is 0. The van der Waals surface area contributed by atoms with Crippen molar-refractivity contribution in [3.63, 3.8) is 0 Å². The molecule has 0 saturated heterocycles. The molecule has 1 aromatic carbocycles. The smallest absolute Gasteiger partial charge is 0.324 e. The van der Waals surface area contributed by atoms with Crippen molar-refractivity contribution in [2.45, 2.75) is 19.9 Å². The molecular weight excluding hydrogens is 360 g/mol. The molecule has 136 valence electrons. The third-order valence-electron chi connectivity index (χ3n) is 3.22. The second kappa shape index (κ2) is 10.7. The van der Waals surface area contributed by atoms with Crippen LogP contribution in [0.1, 0.15) is 23.5 Å². The summed E-state index contributed by atoms with van der Waals surface area (Å²) < 4.78 is 0. The average molecular weight is 383 g/mol. The number of hydrogen-bond donors (Lipinski definition) is 4. The number of hydrogen-bond acceptors (Lipinski definition) is 4. The zero-order chi connectivity index (χ0) is 17.4. The predicted molar refractivity (Wildman–Crippen MR) is 106 cm³/mol. The van der Waals surface area contributed by atoms with Crippen LogP contribution in [0.5, 0.6) is 0 Å². The van der Waals surface area contributed by atoms with E-state index in [1.807, 2.05) is 32.0 Å². The van der Waals surface area contributed by atoms with E-state index in [2.05, 4.69) is 21.3 Å². The molecule has 1 aromatic heterocycles. The highest BCUT2D eigenvalue weighted by Gasteiger charge is 2.11. The van der Waals surface area contributed by atoms with Gasteiger partial charge in [0.15, 0.2) is 0 Å². The molecule has 8 heteroatoms. The van der Waals surface area contributed by atoms with Crippen LogP contribution >= 0.6 is 23.7 Å². The van der Waals surface area contributed by atoms with Crippen LogP contribution in [-0.4, -0.2) is 31.1 Å². The fraction of sp³-hybridized carbons (Fsp3) is 0.294. The fourth-order valence-corrected chi connectivity index (χ4v) is 2.89. The summed E-state index contributed by atoms with van der Waals surface area (Å²) in [5.74, 6) is -0.138. The first-order valence-electron chi connectivity index (χ1n) is 7.83. The van der Waals surface area contributed by atoms with Gasteiger partial charge in [0.05, 0.1) is 9.88 Å². The normalized spacial score (nSPS) is 11.1. The van der Waals surface area contributed by atoms with E-state index in [0.29, 0.717) is 22.1 Å². The van der Waals surface area contributed by atoms with E-state index in [4.69, 9.17) is 0 Å². The van der Waals surface area contributed by atoms with Crippen LogP contribution in [0.4, 0.5) is 15.5 Å². The van der Waals surface area contributed by atoms with Crippen LogP contribution in [0.2, 0.25) is 0 Å². The number of carbonyl (C=O) groups is 2. The summed E-state index contributed by atoms with van der Waals surface area (Å²) in [6.07, 6.45) is 0. The molecule has 0 radical (unpaired) electrons. The molecule has 0 aliphatic carbocycles. The molecule has 0 bridgehead atoms. The number of halogens is 1. The van der Waals surface area contributed by atoms with E-state index in [1.54, 1.807) is 24.3 Å². The van der Waals surface area contributed by atoms with Crippen molar-refractivity contribution in [1.82, 2.24) is 10.6 Å². The molecule has 4 N–H and O–H groups in total. The molecule has 2 rings (SSSR count). The van der Waals surface area contributed by atoms with Crippen LogP contribution in [0.3, 0.4) is 0 Å². The first-order chi connectivity index (χ1) is 11.6. The Morgan fingerprint density at radius 3 is 2.48 bits per heavy atom. The van der Waals surface area contributed by atoms with Gasteiger partial charge in [0, 0.05) is 18.3 Å². The highest BCUT2D eigenvalue weighted by Crippen LogP contribution is 2.22. The number of anilines is 2. The molecule has 1 atom stereocenters. The number of rotatable bonds is 7. The fourth-order valence-electron chi connectivity index (χ4n) is 2.08. The third kappa shape index (κ3) is 7.13. The van der Waals surface area contributed by atoms with Crippen molar-refractivity contribution in [2.75, 3.05) is 23.7 Å². The van der Waals surface area contributed by atoms with Crippen molar-refractivity contribution in [1.29, 1.82) is 0 Å². The largest absolute Gasteiger partial charge is 0.350 e. The molecule has 0 fully saturated rings. The number of urea groups is 1. The Bertz CT molecular complexity index is 678. The summed E-state index contributed by atoms with van der Waals surface area (Å²) in [5, 5.41) is 12.2. The summed E-state index contributed by atoms with van der Waals surface area (Å²) in [6, 6.07) is 12.5. The molecule has 3 amide bonds. The highest BCUT2D eigenvalue weighted by atomic mass is 35.5. The maximum absolute atomic E-state index is 12.1. The minimum atomic E-state index is -0.337. The Labute approximate surface area is 157 Å². The van der Waals surface area contributed by atoms with Gasteiger partial charge in [0.1, 0.15) is 0 Å². The lowest BCUT2D eigenvalue weighted by Crippen LogP contribution is -2.38. The zero-order valence-corrected chi connectivity index (χ0v) is 15.8. The van der Waals surface area contributed by atoms with Crippen LogP contribution in [-0.2, 0) is 0 Å². The van der Waals surface area contributed by atoms with Gasteiger partial charge in [0.25, 0.3) is 5.91 Å². The summed E-state index contributed by atoms with van der Waals surface area (Å²) >= 11 is 1.24. The first kappa shape index (κ1) is 21.0. The lowest BCUT2D eigenvalue weighted by Gasteiger charge is -2.12. The Balaban J connectivity index is 0.00000312. The molecule has 0 unspecified atom stereocenters. The van der Waals surface area contributed by atoms with E-state index >= 15 is 0 Å². The van der Waals surface area contributed by atoms with Crippen molar-refractivity contribution in [3.8, 4) is 0 Å². The minimum Gasteiger partial charge on any atom is -0.350 e. The molecule has 0 spiro atoms. The standard InChI is InChI=1S/C17H22N4O2S.ClH/c1-3-18-12(2)11-19-16(22)14-9-10-15(24-14)21-17(23)20-13-7-5-4-6-8-13;/h4-10,12,18H,3,11H2,1-2H3,(H,19,22)(H2,20,21,23);1H/t12-;/m1./s1. The number of para-hydroxylation sites is 1. The summed E-state index contributed by atoms with van der Waals surface area (Å²) in [5.41, 5.74) is 0.710. The second-order valence-corrected chi connectivity index (χ2v) is 6.36. The first-order valence-corrected chi connectivity index (χ1v) is 8.64. The SMILES string of the molecule is CCN[C@H](C)CNC(=O)c1ccc(NC(=O)Nc2ccccc2)s1.Cl. The van der Waals surface area contributed by atoms with Gasteiger partial charge >= 0.3 is 6.03 Å². The van der Waals surface area contributed by atoms with Gasteiger partial charge in [-0.2, -0.15) is 0 Å². The topological polar surface area (TPSA) is 82.3 Å². The van der Waals surface area contributed by atoms with Crippen molar-refractivity contribution >= 4 is 46.4 Å². The molecule has 6 nitrogen and oxygen atoms in total. The van der Waals surface area contributed by atoms with E-state index in [0.717, 1.165) is 6.54 Å². The van der Waals surface area contributed by atoms with E-state index in [1.165, 1.54) is 11.3 Å². The van der Waals surface area contributed by atoms with Crippen molar-refractivity contribution < 1.29 is 9.59 Å². The molecule has 0 aliphatic heterocycles. The molecule has 1 heterocycles. The van der Waals surface area contributed by atoms with Gasteiger partial charge in [-0.05, 0) is 37.7 Å². The third-order valence-corrected chi connectivity index (χ3v) is 4.22. The Kier molecular flexibility index (Phi) is 8.98. The monoisotopic (exact) mass is 382 g/mol. The zero-order valence-electron chi connectivity index (χ0n) is 14.2. The maximum atomic E-state index is 12.1. The summed E-state index contributed by atoms with van der Waals surface area (Å²) in [4.78, 5) is 24.6. The van der Waals surface area contributed by atoms with Crippen LogP contribution in [0.25, 0.3) is 0 Å². The highest BCUT2D eigenvalue weighted by molar-refractivity contribution is 7.18. The van der Waals surface area contributed by atoms with Gasteiger partial charge in [-0.3, -0.25) is 10.1 Å². The number of carbonyl (C=O) groups excluding carboxylic acids is 2. The lowest BCUT2D eigenvalue weighted by atomic mass is 10.3. The summed E-state index contributed by atoms with van der Waals surface area (Å²) in [6.45, 7) is 5.46. The van der Waals surface area contributed by atoms with E-state index < -0.39 is 0 Å². The van der Waals surface area contributed by atoms with Gasteiger partial charge in [-0.15, -0.1) is 23.7 Å². The Morgan fingerprint density at radius 2 is 1.80 bits per heavy atom. The van der Waals surface area contributed by atoms with Gasteiger partial charge in [0.2, 0.25) is 0 Å². The van der Waals surface area contributed by atoms with Gasteiger partial charge in [-0.1, -0.05) is 25.1 Å².